The van der Waals surface area contributed by atoms with Crippen LogP contribution in [0, 0.1) is 23.0 Å². The molecule has 0 radical (unpaired) electrons. The lowest BCUT2D eigenvalue weighted by Gasteiger charge is -2.07. The van der Waals surface area contributed by atoms with E-state index in [1.165, 1.54) is 30.3 Å². The van der Waals surface area contributed by atoms with E-state index in [-0.39, 0.29) is 21.2 Å². The van der Waals surface area contributed by atoms with E-state index in [2.05, 4.69) is 15.9 Å². The molecule has 1 nitrogen and oxygen atoms in total. The molecule has 0 aliphatic carbocycles. The summed E-state index contributed by atoms with van der Waals surface area (Å²) in [5.41, 5.74) is 0.185. The lowest BCUT2D eigenvalue weighted by atomic mass is 9.99. The average molecular weight is 294 g/mol. The van der Waals surface area contributed by atoms with E-state index in [4.69, 9.17) is 5.26 Å². The minimum Gasteiger partial charge on any atom is -0.206 e. The lowest BCUT2D eigenvalue weighted by Crippen LogP contribution is -1.93. The summed E-state index contributed by atoms with van der Waals surface area (Å²) in [6.45, 7) is 0. The predicted molar refractivity (Wildman–Crippen MR) is 64.2 cm³/mol. The van der Waals surface area contributed by atoms with Crippen LogP contribution in [-0.4, -0.2) is 0 Å². The van der Waals surface area contributed by atoms with Crippen LogP contribution in [0.2, 0.25) is 0 Å². The molecule has 0 saturated carbocycles. The van der Waals surface area contributed by atoms with E-state index in [0.717, 1.165) is 0 Å². The summed E-state index contributed by atoms with van der Waals surface area (Å²) in [6.07, 6.45) is 0. The van der Waals surface area contributed by atoms with Crippen LogP contribution in [0.1, 0.15) is 5.56 Å². The molecule has 0 aliphatic heterocycles. The summed E-state index contributed by atoms with van der Waals surface area (Å²) in [4.78, 5) is 0. The quantitative estimate of drug-likeness (QED) is 0.770. The van der Waals surface area contributed by atoms with E-state index in [1.54, 1.807) is 6.07 Å². The van der Waals surface area contributed by atoms with Gasteiger partial charge in [0, 0.05) is 11.1 Å². The molecular weight excluding hydrogens is 288 g/mol. The number of nitriles is 1. The topological polar surface area (TPSA) is 23.8 Å². The molecule has 0 heterocycles. The Bertz CT molecular complexity index is 617. The van der Waals surface area contributed by atoms with Crippen molar-refractivity contribution >= 4 is 15.9 Å². The zero-order valence-corrected chi connectivity index (χ0v) is 10.1. The van der Waals surface area contributed by atoms with E-state index >= 15 is 0 Å². The monoisotopic (exact) mass is 293 g/mol. The smallest absolute Gasteiger partial charge is 0.145 e. The fourth-order valence-electron chi connectivity index (χ4n) is 1.59. The minimum atomic E-state index is -0.610. The number of benzene rings is 2. The first-order chi connectivity index (χ1) is 8.15. The Hall–Kier alpha value is -1.73. The van der Waals surface area contributed by atoms with Gasteiger partial charge in [-0.25, -0.2) is 8.78 Å². The SMILES string of the molecule is N#Cc1cccc(F)c1-c1cccc(Br)c1F. The second kappa shape index (κ2) is 4.64. The second-order valence-electron chi connectivity index (χ2n) is 3.38. The Morgan fingerprint density at radius 1 is 1.06 bits per heavy atom. The molecule has 0 aliphatic rings. The zero-order chi connectivity index (χ0) is 12.4. The first-order valence-corrected chi connectivity index (χ1v) is 5.57. The molecular formula is C13H6BrF2N. The van der Waals surface area contributed by atoms with Gasteiger partial charge in [-0.05, 0) is 34.1 Å². The number of hydrogen-bond acceptors (Lipinski definition) is 1. The van der Waals surface area contributed by atoms with Crippen LogP contribution in [-0.2, 0) is 0 Å². The third kappa shape index (κ3) is 2.06. The van der Waals surface area contributed by atoms with Crippen LogP contribution in [0.25, 0.3) is 11.1 Å². The Morgan fingerprint density at radius 3 is 2.47 bits per heavy atom. The van der Waals surface area contributed by atoms with Gasteiger partial charge in [0.05, 0.1) is 16.1 Å². The molecule has 0 spiro atoms. The molecule has 2 rings (SSSR count). The van der Waals surface area contributed by atoms with Gasteiger partial charge in [0.15, 0.2) is 0 Å². The molecule has 84 valence electrons. The van der Waals surface area contributed by atoms with Gasteiger partial charge in [0.1, 0.15) is 11.6 Å². The molecule has 0 atom stereocenters. The van der Waals surface area contributed by atoms with Crippen molar-refractivity contribution in [1.29, 1.82) is 5.26 Å². The molecule has 2 aromatic rings. The normalized spacial score (nSPS) is 10.0. The highest BCUT2D eigenvalue weighted by atomic mass is 79.9. The van der Waals surface area contributed by atoms with Gasteiger partial charge in [0.25, 0.3) is 0 Å². The van der Waals surface area contributed by atoms with Crippen LogP contribution in [0.4, 0.5) is 8.78 Å². The van der Waals surface area contributed by atoms with Crippen molar-refractivity contribution in [3.05, 3.63) is 58.1 Å². The second-order valence-corrected chi connectivity index (χ2v) is 4.23. The summed E-state index contributed by atoms with van der Waals surface area (Å²) in [5, 5.41) is 8.91. The highest BCUT2D eigenvalue weighted by molar-refractivity contribution is 9.10. The summed E-state index contributed by atoms with van der Waals surface area (Å²) in [6, 6.07) is 10.5. The van der Waals surface area contributed by atoms with Crippen molar-refractivity contribution in [2.45, 2.75) is 0 Å². The molecule has 0 N–H and O–H groups in total. The maximum Gasteiger partial charge on any atom is 0.145 e. The van der Waals surface area contributed by atoms with Gasteiger partial charge in [-0.1, -0.05) is 18.2 Å². The number of rotatable bonds is 1. The Kier molecular flexibility index (Phi) is 3.21. The van der Waals surface area contributed by atoms with Gasteiger partial charge < -0.3 is 0 Å². The van der Waals surface area contributed by atoms with Gasteiger partial charge in [-0.3, -0.25) is 0 Å². The number of hydrogen-bond donors (Lipinski definition) is 0. The van der Waals surface area contributed by atoms with Crippen LogP contribution in [0.5, 0.6) is 0 Å². The molecule has 17 heavy (non-hydrogen) atoms. The van der Waals surface area contributed by atoms with Crippen molar-refractivity contribution in [2.24, 2.45) is 0 Å². The lowest BCUT2D eigenvalue weighted by molar-refractivity contribution is 0.612. The summed E-state index contributed by atoms with van der Waals surface area (Å²) < 4.78 is 27.8. The molecule has 4 heteroatoms. The molecule has 2 aromatic carbocycles. The number of nitrogens with zero attached hydrogens (tertiary/aromatic N) is 1. The summed E-state index contributed by atoms with van der Waals surface area (Å²) in [7, 11) is 0. The van der Waals surface area contributed by atoms with E-state index in [0.29, 0.717) is 0 Å². The summed E-state index contributed by atoms with van der Waals surface area (Å²) in [5.74, 6) is -1.19. The molecule has 0 fully saturated rings. The highest BCUT2D eigenvalue weighted by Gasteiger charge is 2.15. The summed E-state index contributed by atoms with van der Waals surface area (Å²) >= 11 is 3.03. The van der Waals surface area contributed by atoms with Gasteiger partial charge in [-0.2, -0.15) is 5.26 Å². The third-order valence-electron chi connectivity index (χ3n) is 2.35. The van der Waals surface area contributed by atoms with Crippen molar-refractivity contribution in [1.82, 2.24) is 0 Å². The van der Waals surface area contributed by atoms with Crippen LogP contribution in [0.3, 0.4) is 0 Å². The fraction of sp³-hybridized carbons (Fsp3) is 0. The van der Waals surface area contributed by atoms with Crippen molar-refractivity contribution in [2.75, 3.05) is 0 Å². The third-order valence-corrected chi connectivity index (χ3v) is 2.97. The molecule has 0 unspecified atom stereocenters. The van der Waals surface area contributed by atoms with Crippen molar-refractivity contribution in [3.63, 3.8) is 0 Å². The van der Waals surface area contributed by atoms with Crippen molar-refractivity contribution < 1.29 is 8.78 Å². The first-order valence-electron chi connectivity index (χ1n) is 4.78. The maximum atomic E-state index is 13.9. The van der Waals surface area contributed by atoms with Gasteiger partial charge in [0.2, 0.25) is 0 Å². The van der Waals surface area contributed by atoms with Crippen LogP contribution < -0.4 is 0 Å². The van der Waals surface area contributed by atoms with E-state index in [9.17, 15) is 8.78 Å². The van der Waals surface area contributed by atoms with Crippen LogP contribution in [0.15, 0.2) is 40.9 Å². The predicted octanol–water partition coefficient (Wildman–Crippen LogP) is 4.27. The zero-order valence-electron chi connectivity index (χ0n) is 8.55. The Balaban J connectivity index is 2.78. The Morgan fingerprint density at radius 2 is 1.76 bits per heavy atom. The fourth-order valence-corrected chi connectivity index (χ4v) is 1.95. The molecule has 0 saturated heterocycles. The van der Waals surface area contributed by atoms with Gasteiger partial charge >= 0.3 is 0 Å². The van der Waals surface area contributed by atoms with E-state index in [1.807, 2.05) is 6.07 Å². The largest absolute Gasteiger partial charge is 0.206 e. The number of halogens is 3. The Labute approximate surface area is 105 Å². The first kappa shape index (κ1) is 11.7. The van der Waals surface area contributed by atoms with E-state index < -0.39 is 11.6 Å². The van der Waals surface area contributed by atoms with Crippen LogP contribution >= 0.6 is 15.9 Å². The molecule has 0 amide bonds. The van der Waals surface area contributed by atoms with Gasteiger partial charge in [-0.15, -0.1) is 0 Å². The maximum absolute atomic E-state index is 13.9. The highest BCUT2D eigenvalue weighted by Crippen LogP contribution is 2.31. The molecule has 0 aromatic heterocycles. The minimum absolute atomic E-state index is 0.00574. The van der Waals surface area contributed by atoms with Crippen molar-refractivity contribution in [3.8, 4) is 17.2 Å². The standard InChI is InChI=1S/C13H6BrF2N/c14-10-5-2-4-9(13(10)16)12-8(7-17)3-1-6-11(12)15/h1-6H. The molecule has 0 bridgehead atoms. The average Bonchev–Trinajstić information content (AvgIpc) is 2.33.